The number of hydrogen-bond acceptors (Lipinski definition) is 2. The molecule has 1 aliphatic rings. The summed E-state index contributed by atoms with van der Waals surface area (Å²) in [6.07, 6.45) is 4.40. The van der Waals surface area contributed by atoms with E-state index in [-0.39, 0.29) is 0 Å². The summed E-state index contributed by atoms with van der Waals surface area (Å²) in [5.74, 6) is -1.08. The first-order chi connectivity index (χ1) is 8.57. The van der Waals surface area contributed by atoms with Crippen LogP contribution in [-0.2, 0) is 6.42 Å². The third-order valence-electron chi connectivity index (χ3n) is 3.50. The minimum Gasteiger partial charge on any atom is -0.389 e. The van der Waals surface area contributed by atoms with Crippen LogP contribution >= 0.6 is 0 Å². The molecule has 2 N–H and O–H groups in total. The Kier molecular flexibility index (Phi) is 4.30. The molecular weight excluding hydrogens is 236 g/mol. The number of nitrogens with one attached hydrogen (secondary N) is 1. The summed E-state index contributed by atoms with van der Waals surface area (Å²) in [6.45, 7) is 1.18. The summed E-state index contributed by atoms with van der Waals surface area (Å²) in [7, 11) is 0. The Balaban J connectivity index is 1.75. The lowest BCUT2D eigenvalue weighted by Gasteiger charge is -2.22. The average molecular weight is 255 g/mol. The Labute approximate surface area is 106 Å². The quantitative estimate of drug-likeness (QED) is 0.792. The molecule has 0 amide bonds. The molecule has 100 valence electrons. The number of benzene rings is 1. The van der Waals surface area contributed by atoms with Gasteiger partial charge in [0.15, 0.2) is 0 Å². The zero-order chi connectivity index (χ0) is 13.0. The van der Waals surface area contributed by atoms with E-state index in [1.165, 1.54) is 12.1 Å². The Morgan fingerprint density at radius 1 is 1.11 bits per heavy atom. The fourth-order valence-electron chi connectivity index (χ4n) is 2.52. The van der Waals surface area contributed by atoms with E-state index in [4.69, 9.17) is 0 Å². The molecule has 1 fully saturated rings. The minimum atomic E-state index is -0.576. The van der Waals surface area contributed by atoms with Gasteiger partial charge in [0.2, 0.25) is 0 Å². The average Bonchev–Trinajstić information content (AvgIpc) is 2.71. The van der Waals surface area contributed by atoms with Crippen LogP contribution in [0.2, 0.25) is 0 Å². The maximum absolute atomic E-state index is 12.9. The SMILES string of the molecule is OC1(CNCCc2cc(F)cc(F)c2)CCCC1. The zero-order valence-corrected chi connectivity index (χ0v) is 10.4. The van der Waals surface area contributed by atoms with Crippen molar-refractivity contribution in [1.82, 2.24) is 5.32 Å². The van der Waals surface area contributed by atoms with Crippen LogP contribution in [0.15, 0.2) is 18.2 Å². The van der Waals surface area contributed by atoms with Crippen molar-refractivity contribution < 1.29 is 13.9 Å². The molecule has 1 aromatic carbocycles. The second-order valence-electron chi connectivity index (χ2n) is 5.14. The maximum Gasteiger partial charge on any atom is 0.126 e. The van der Waals surface area contributed by atoms with Crippen LogP contribution in [0, 0.1) is 11.6 Å². The van der Waals surface area contributed by atoms with Crippen LogP contribution in [0.1, 0.15) is 31.2 Å². The van der Waals surface area contributed by atoms with E-state index in [9.17, 15) is 13.9 Å². The van der Waals surface area contributed by atoms with Crippen molar-refractivity contribution in [3.8, 4) is 0 Å². The number of hydrogen-bond donors (Lipinski definition) is 2. The minimum absolute atomic E-state index is 0.542. The lowest BCUT2D eigenvalue weighted by atomic mass is 10.0. The van der Waals surface area contributed by atoms with Crippen LogP contribution in [0.4, 0.5) is 8.78 Å². The Morgan fingerprint density at radius 2 is 1.72 bits per heavy atom. The van der Waals surface area contributed by atoms with Gasteiger partial charge in [-0.1, -0.05) is 12.8 Å². The fourth-order valence-corrected chi connectivity index (χ4v) is 2.52. The largest absolute Gasteiger partial charge is 0.389 e. The highest BCUT2D eigenvalue weighted by atomic mass is 19.1. The van der Waals surface area contributed by atoms with Crippen molar-refractivity contribution in [1.29, 1.82) is 0 Å². The monoisotopic (exact) mass is 255 g/mol. The Morgan fingerprint density at radius 3 is 2.33 bits per heavy atom. The fraction of sp³-hybridized carbons (Fsp3) is 0.571. The lowest BCUT2D eigenvalue weighted by Crippen LogP contribution is -2.38. The van der Waals surface area contributed by atoms with Crippen LogP contribution in [0.5, 0.6) is 0 Å². The van der Waals surface area contributed by atoms with Crippen molar-refractivity contribution in [3.63, 3.8) is 0 Å². The molecule has 0 heterocycles. The van der Waals surface area contributed by atoms with Crippen molar-refractivity contribution in [2.24, 2.45) is 0 Å². The van der Waals surface area contributed by atoms with E-state index in [0.717, 1.165) is 31.7 Å². The van der Waals surface area contributed by atoms with Gasteiger partial charge in [0, 0.05) is 12.6 Å². The van der Waals surface area contributed by atoms with Crippen molar-refractivity contribution in [3.05, 3.63) is 35.4 Å². The molecule has 0 bridgehead atoms. The van der Waals surface area contributed by atoms with Gasteiger partial charge < -0.3 is 10.4 Å². The third kappa shape index (κ3) is 3.75. The van der Waals surface area contributed by atoms with Gasteiger partial charge >= 0.3 is 0 Å². The van der Waals surface area contributed by atoms with Crippen molar-refractivity contribution in [2.45, 2.75) is 37.7 Å². The van der Waals surface area contributed by atoms with E-state index in [1.54, 1.807) is 0 Å². The van der Waals surface area contributed by atoms with Crippen LogP contribution in [0.25, 0.3) is 0 Å². The molecule has 0 aliphatic heterocycles. The predicted octanol–water partition coefficient (Wildman–Crippen LogP) is 2.40. The van der Waals surface area contributed by atoms with Crippen molar-refractivity contribution in [2.75, 3.05) is 13.1 Å². The highest BCUT2D eigenvalue weighted by Crippen LogP contribution is 2.28. The first kappa shape index (κ1) is 13.4. The highest BCUT2D eigenvalue weighted by Gasteiger charge is 2.30. The van der Waals surface area contributed by atoms with E-state index in [0.29, 0.717) is 25.1 Å². The summed E-state index contributed by atoms with van der Waals surface area (Å²) in [6, 6.07) is 3.56. The van der Waals surface area contributed by atoms with Crippen LogP contribution in [0.3, 0.4) is 0 Å². The number of aliphatic hydroxyl groups is 1. The van der Waals surface area contributed by atoms with Crippen LogP contribution < -0.4 is 5.32 Å². The summed E-state index contributed by atoms with van der Waals surface area (Å²) < 4.78 is 25.9. The molecule has 0 aromatic heterocycles. The molecule has 4 heteroatoms. The van der Waals surface area contributed by atoms with E-state index in [2.05, 4.69) is 5.32 Å². The van der Waals surface area contributed by atoms with E-state index >= 15 is 0 Å². The molecule has 2 rings (SSSR count). The van der Waals surface area contributed by atoms with E-state index in [1.807, 2.05) is 0 Å². The third-order valence-corrected chi connectivity index (χ3v) is 3.50. The second kappa shape index (κ2) is 5.76. The smallest absolute Gasteiger partial charge is 0.126 e. The number of rotatable bonds is 5. The summed E-state index contributed by atoms with van der Waals surface area (Å²) >= 11 is 0. The van der Waals surface area contributed by atoms with Gasteiger partial charge in [0.25, 0.3) is 0 Å². The van der Waals surface area contributed by atoms with Gasteiger partial charge in [-0.25, -0.2) is 8.78 Å². The van der Waals surface area contributed by atoms with Gasteiger partial charge in [-0.3, -0.25) is 0 Å². The number of halogens is 2. The molecule has 0 unspecified atom stereocenters. The molecule has 0 spiro atoms. The van der Waals surface area contributed by atoms with Crippen molar-refractivity contribution >= 4 is 0 Å². The molecule has 2 nitrogen and oxygen atoms in total. The Bertz CT molecular complexity index is 383. The molecular formula is C14H19F2NO. The van der Waals surface area contributed by atoms with E-state index < -0.39 is 17.2 Å². The molecule has 1 aliphatic carbocycles. The van der Waals surface area contributed by atoms with Gasteiger partial charge in [0.05, 0.1) is 5.60 Å². The van der Waals surface area contributed by atoms with Gasteiger partial charge in [-0.15, -0.1) is 0 Å². The van der Waals surface area contributed by atoms with Crippen LogP contribution in [-0.4, -0.2) is 23.8 Å². The first-order valence-electron chi connectivity index (χ1n) is 6.45. The summed E-state index contributed by atoms with van der Waals surface area (Å²) in [5, 5.41) is 13.3. The van der Waals surface area contributed by atoms with Gasteiger partial charge in [0.1, 0.15) is 11.6 Å². The van der Waals surface area contributed by atoms with Gasteiger partial charge in [-0.05, 0) is 43.5 Å². The molecule has 1 saturated carbocycles. The second-order valence-corrected chi connectivity index (χ2v) is 5.14. The normalized spacial score (nSPS) is 18.2. The topological polar surface area (TPSA) is 32.3 Å². The molecule has 0 atom stereocenters. The maximum atomic E-state index is 12.9. The molecule has 18 heavy (non-hydrogen) atoms. The summed E-state index contributed by atoms with van der Waals surface area (Å²) in [5.41, 5.74) is 0.0612. The molecule has 1 aromatic rings. The first-order valence-corrected chi connectivity index (χ1v) is 6.45. The highest BCUT2D eigenvalue weighted by molar-refractivity contribution is 5.18. The standard InChI is InChI=1S/C14H19F2NO/c15-12-7-11(8-13(16)9-12)3-6-17-10-14(18)4-1-2-5-14/h7-9,17-18H,1-6,10H2. The lowest BCUT2D eigenvalue weighted by molar-refractivity contribution is 0.0480. The zero-order valence-electron chi connectivity index (χ0n) is 10.4. The Hall–Kier alpha value is -1.00. The summed E-state index contributed by atoms with van der Waals surface area (Å²) in [4.78, 5) is 0. The predicted molar refractivity (Wildman–Crippen MR) is 66.3 cm³/mol. The molecule has 0 radical (unpaired) electrons. The van der Waals surface area contributed by atoms with Gasteiger partial charge in [-0.2, -0.15) is 0 Å². The molecule has 0 saturated heterocycles.